The first kappa shape index (κ1) is 23.0. The fourth-order valence-electron chi connectivity index (χ4n) is 3.21. The van der Waals surface area contributed by atoms with Crippen molar-refractivity contribution in [3.05, 3.63) is 87.2 Å². The molecule has 0 fully saturated rings. The van der Waals surface area contributed by atoms with Crippen molar-refractivity contribution >= 4 is 57.1 Å². The van der Waals surface area contributed by atoms with Crippen LogP contribution in [0.2, 0.25) is 10.2 Å². The van der Waals surface area contributed by atoms with Crippen LogP contribution in [0.5, 0.6) is 5.75 Å². The van der Waals surface area contributed by atoms with E-state index in [1.165, 1.54) is 23.9 Å². The van der Waals surface area contributed by atoms with Crippen LogP contribution >= 0.6 is 34.5 Å². The lowest BCUT2D eigenvalue weighted by Crippen LogP contribution is -2.30. The number of aromatic nitrogens is 3. The summed E-state index contributed by atoms with van der Waals surface area (Å²) in [5, 5.41) is 4.35. The standard InChI is InChI=1S/C23H19Cl2N5O2S/c1-14-4-3-5-17(24)21(14)30(12-15-6-8-16(32-2)9-7-15)22(31)18-11-26-23(33-18)29-20-10-19(25)27-13-28-20/h3-11,13H,12H2,1-2H3,(H,26,27,28,29). The van der Waals surface area contributed by atoms with Crippen molar-refractivity contribution < 1.29 is 9.53 Å². The predicted molar refractivity (Wildman–Crippen MR) is 132 cm³/mol. The van der Waals surface area contributed by atoms with E-state index in [1.54, 1.807) is 24.1 Å². The van der Waals surface area contributed by atoms with Gasteiger partial charge in [0.25, 0.3) is 5.91 Å². The average molecular weight is 500 g/mol. The summed E-state index contributed by atoms with van der Waals surface area (Å²) < 4.78 is 5.24. The molecule has 33 heavy (non-hydrogen) atoms. The van der Waals surface area contributed by atoms with Gasteiger partial charge in [0.1, 0.15) is 27.9 Å². The molecule has 0 spiro atoms. The van der Waals surface area contributed by atoms with E-state index < -0.39 is 0 Å². The first-order valence-electron chi connectivity index (χ1n) is 9.85. The lowest BCUT2D eigenvalue weighted by atomic mass is 10.1. The molecule has 2 heterocycles. The zero-order valence-electron chi connectivity index (χ0n) is 17.8. The summed E-state index contributed by atoms with van der Waals surface area (Å²) in [5.74, 6) is 1.02. The highest BCUT2D eigenvalue weighted by Gasteiger charge is 2.24. The molecule has 168 valence electrons. The smallest absolute Gasteiger partial charge is 0.270 e. The number of ether oxygens (including phenoxy) is 1. The molecule has 2 aromatic heterocycles. The number of halogens is 2. The normalized spacial score (nSPS) is 10.7. The van der Waals surface area contributed by atoms with Gasteiger partial charge in [-0.15, -0.1) is 0 Å². The van der Waals surface area contributed by atoms with Crippen LogP contribution in [0.25, 0.3) is 0 Å². The monoisotopic (exact) mass is 499 g/mol. The summed E-state index contributed by atoms with van der Waals surface area (Å²) >= 11 is 13.7. The number of methoxy groups -OCH3 is 1. The van der Waals surface area contributed by atoms with E-state index in [0.29, 0.717) is 38.2 Å². The molecule has 0 bridgehead atoms. The molecule has 4 aromatic rings. The number of anilines is 3. The van der Waals surface area contributed by atoms with Gasteiger partial charge in [-0.25, -0.2) is 15.0 Å². The Hall–Kier alpha value is -3.20. The maximum atomic E-state index is 13.6. The molecule has 4 rings (SSSR count). The Morgan fingerprint density at radius 3 is 2.61 bits per heavy atom. The van der Waals surface area contributed by atoms with Gasteiger partial charge < -0.3 is 15.0 Å². The minimum absolute atomic E-state index is 0.215. The number of para-hydroxylation sites is 1. The van der Waals surface area contributed by atoms with Crippen molar-refractivity contribution in [2.75, 3.05) is 17.3 Å². The van der Waals surface area contributed by atoms with Gasteiger partial charge in [-0.05, 0) is 36.2 Å². The molecule has 1 N–H and O–H groups in total. The fraction of sp³-hybridized carbons (Fsp3) is 0.130. The number of hydrogen-bond acceptors (Lipinski definition) is 7. The number of benzene rings is 2. The van der Waals surface area contributed by atoms with E-state index in [1.807, 2.05) is 43.3 Å². The molecule has 7 nitrogen and oxygen atoms in total. The second-order valence-corrected chi connectivity index (χ2v) is 8.85. The first-order valence-corrected chi connectivity index (χ1v) is 11.4. The van der Waals surface area contributed by atoms with E-state index in [4.69, 9.17) is 27.9 Å². The topological polar surface area (TPSA) is 80.2 Å². The maximum Gasteiger partial charge on any atom is 0.270 e. The lowest BCUT2D eigenvalue weighted by molar-refractivity contribution is 0.0988. The van der Waals surface area contributed by atoms with Crippen LogP contribution < -0.4 is 15.0 Å². The highest BCUT2D eigenvalue weighted by atomic mass is 35.5. The molecule has 0 saturated heterocycles. The summed E-state index contributed by atoms with van der Waals surface area (Å²) in [4.78, 5) is 28.0. The highest BCUT2D eigenvalue weighted by Crippen LogP contribution is 2.33. The van der Waals surface area contributed by atoms with Gasteiger partial charge in [-0.3, -0.25) is 4.79 Å². The number of nitrogens with zero attached hydrogens (tertiary/aromatic N) is 4. The molecule has 2 aromatic carbocycles. The van der Waals surface area contributed by atoms with Crippen molar-refractivity contribution in [3.63, 3.8) is 0 Å². The van der Waals surface area contributed by atoms with Gasteiger partial charge in [0.05, 0.1) is 30.6 Å². The molecule has 0 saturated carbocycles. The number of nitrogens with one attached hydrogen (secondary N) is 1. The van der Waals surface area contributed by atoms with Crippen LogP contribution in [-0.4, -0.2) is 28.0 Å². The zero-order valence-corrected chi connectivity index (χ0v) is 20.1. The Balaban J connectivity index is 1.65. The Morgan fingerprint density at radius 1 is 1.12 bits per heavy atom. The summed E-state index contributed by atoms with van der Waals surface area (Å²) in [6.45, 7) is 2.25. The van der Waals surface area contributed by atoms with E-state index in [9.17, 15) is 4.79 Å². The fourth-order valence-corrected chi connectivity index (χ4v) is 4.45. The molecule has 0 unspecified atom stereocenters. The minimum atomic E-state index is -0.215. The minimum Gasteiger partial charge on any atom is -0.497 e. The third-order valence-electron chi connectivity index (χ3n) is 4.79. The quantitative estimate of drug-likeness (QED) is 0.307. The number of amides is 1. The highest BCUT2D eigenvalue weighted by molar-refractivity contribution is 7.17. The van der Waals surface area contributed by atoms with Crippen LogP contribution in [-0.2, 0) is 6.54 Å². The van der Waals surface area contributed by atoms with E-state index >= 15 is 0 Å². The number of hydrogen-bond donors (Lipinski definition) is 1. The van der Waals surface area contributed by atoms with Gasteiger partial charge in [0.2, 0.25) is 0 Å². The predicted octanol–water partition coefficient (Wildman–Crippen LogP) is 6.15. The van der Waals surface area contributed by atoms with Crippen LogP contribution in [0.4, 0.5) is 16.6 Å². The first-order chi connectivity index (χ1) is 15.9. The van der Waals surface area contributed by atoms with Crippen LogP contribution in [0.3, 0.4) is 0 Å². The molecular formula is C23H19Cl2N5O2S. The molecule has 10 heteroatoms. The number of thiazole rings is 1. The number of carbonyl (C=O) groups excluding carboxylic acids is 1. The van der Waals surface area contributed by atoms with E-state index in [0.717, 1.165) is 16.9 Å². The van der Waals surface area contributed by atoms with Crippen LogP contribution in [0, 0.1) is 6.92 Å². The lowest BCUT2D eigenvalue weighted by Gasteiger charge is -2.25. The van der Waals surface area contributed by atoms with Crippen molar-refractivity contribution in [2.45, 2.75) is 13.5 Å². The third kappa shape index (κ3) is 5.42. The van der Waals surface area contributed by atoms with Crippen LogP contribution in [0.1, 0.15) is 20.8 Å². The van der Waals surface area contributed by atoms with Gasteiger partial charge >= 0.3 is 0 Å². The molecule has 0 aliphatic rings. The van der Waals surface area contributed by atoms with Crippen molar-refractivity contribution in [1.82, 2.24) is 15.0 Å². The molecule has 0 atom stereocenters. The number of carbonyl (C=O) groups is 1. The third-order valence-corrected chi connectivity index (χ3v) is 6.20. The van der Waals surface area contributed by atoms with E-state index in [2.05, 4.69) is 20.3 Å². The maximum absolute atomic E-state index is 13.6. The van der Waals surface area contributed by atoms with E-state index in [-0.39, 0.29) is 5.91 Å². The van der Waals surface area contributed by atoms with Crippen molar-refractivity contribution in [1.29, 1.82) is 0 Å². The SMILES string of the molecule is COc1ccc(CN(C(=O)c2cnc(Nc3cc(Cl)ncn3)s2)c2c(C)cccc2Cl)cc1. The molecule has 0 radical (unpaired) electrons. The van der Waals surface area contributed by atoms with Crippen molar-refractivity contribution in [2.24, 2.45) is 0 Å². The average Bonchev–Trinajstić information content (AvgIpc) is 3.26. The second-order valence-electron chi connectivity index (χ2n) is 7.03. The van der Waals surface area contributed by atoms with Gasteiger partial charge in [-0.1, -0.05) is 58.8 Å². The summed E-state index contributed by atoms with van der Waals surface area (Å²) in [7, 11) is 1.61. The molecule has 0 aliphatic heterocycles. The Bertz CT molecular complexity index is 1260. The summed E-state index contributed by atoms with van der Waals surface area (Å²) in [6.07, 6.45) is 2.88. The Labute approximate surface area is 205 Å². The number of aryl methyl sites for hydroxylation is 1. The Kier molecular flexibility index (Phi) is 7.08. The second kappa shape index (κ2) is 10.2. The molecule has 0 aliphatic carbocycles. The zero-order chi connectivity index (χ0) is 23.4. The number of rotatable bonds is 7. The van der Waals surface area contributed by atoms with Gasteiger partial charge in [0.15, 0.2) is 5.13 Å². The summed E-state index contributed by atoms with van der Waals surface area (Å²) in [6, 6.07) is 14.7. The molecule has 1 amide bonds. The van der Waals surface area contributed by atoms with Crippen LogP contribution in [0.15, 0.2) is 61.1 Å². The largest absolute Gasteiger partial charge is 0.497 e. The Morgan fingerprint density at radius 2 is 1.91 bits per heavy atom. The van der Waals surface area contributed by atoms with Gasteiger partial charge in [-0.2, -0.15) is 0 Å². The van der Waals surface area contributed by atoms with Crippen molar-refractivity contribution in [3.8, 4) is 5.75 Å². The molecular weight excluding hydrogens is 481 g/mol. The summed E-state index contributed by atoms with van der Waals surface area (Å²) in [5.41, 5.74) is 2.48. The van der Waals surface area contributed by atoms with Gasteiger partial charge in [0, 0.05) is 6.07 Å².